The third kappa shape index (κ3) is 2.31. The molecule has 0 aliphatic heterocycles. The highest BCUT2D eigenvalue weighted by Crippen LogP contribution is 2.48. The molecule has 0 saturated heterocycles. The van der Waals surface area contributed by atoms with Crippen LogP contribution in [0.4, 0.5) is 0 Å². The highest BCUT2D eigenvalue weighted by atomic mass is 16.6. The lowest BCUT2D eigenvalue weighted by molar-refractivity contribution is -0.178. The molecule has 2 saturated carbocycles. The van der Waals surface area contributed by atoms with Crippen LogP contribution in [0.25, 0.3) is 0 Å². The number of ether oxygens (including phenoxy) is 1. The van der Waals surface area contributed by atoms with Crippen molar-refractivity contribution in [2.75, 3.05) is 0 Å². The Morgan fingerprint density at radius 2 is 1.85 bits per heavy atom. The van der Waals surface area contributed by atoms with Gasteiger partial charge in [-0.15, -0.1) is 0 Å². The van der Waals surface area contributed by atoms with E-state index in [1.165, 1.54) is 32.1 Å². The lowest BCUT2D eigenvalue weighted by Gasteiger charge is -2.46. The molecule has 0 N–H and O–H groups in total. The molecule has 0 heterocycles. The SMILES string of the molecule is CC1(C(C)(C)OC(=O)C2CC3C=CC2C3)CCCCC1. The monoisotopic (exact) mass is 276 g/mol. The summed E-state index contributed by atoms with van der Waals surface area (Å²) in [7, 11) is 0. The van der Waals surface area contributed by atoms with Gasteiger partial charge in [0.25, 0.3) is 0 Å². The van der Waals surface area contributed by atoms with Gasteiger partial charge in [-0.25, -0.2) is 0 Å². The number of rotatable bonds is 3. The van der Waals surface area contributed by atoms with Crippen molar-refractivity contribution in [1.29, 1.82) is 0 Å². The van der Waals surface area contributed by atoms with Crippen molar-refractivity contribution in [3.63, 3.8) is 0 Å². The summed E-state index contributed by atoms with van der Waals surface area (Å²) >= 11 is 0. The molecule has 0 spiro atoms. The molecule has 2 nitrogen and oxygen atoms in total. The molecule has 3 rings (SSSR count). The van der Waals surface area contributed by atoms with Gasteiger partial charge in [-0.05, 0) is 51.4 Å². The van der Waals surface area contributed by atoms with E-state index < -0.39 is 0 Å². The van der Waals surface area contributed by atoms with Gasteiger partial charge in [-0.1, -0.05) is 38.3 Å². The Kier molecular flexibility index (Phi) is 3.46. The average Bonchev–Trinajstić information content (AvgIpc) is 3.01. The predicted octanol–water partition coefficient (Wildman–Crippen LogP) is 4.49. The number of carbonyl (C=O) groups is 1. The third-order valence-electron chi connectivity index (χ3n) is 6.35. The van der Waals surface area contributed by atoms with Crippen LogP contribution in [0.1, 0.15) is 65.7 Å². The molecule has 2 heteroatoms. The fourth-order valence-electron chi connectivity index (χ4n) is 4.44. The Hall–Kier alpha value is -0.790. The zero-order chi connectivity index (χ0) is 14.4. The second-order valence-electron chi connectivity index (χ2n) is 7.94. The minimum absolute atomic E-state index is 0.0543. The molecule has 3 unspecified atom stereocenters. The quantitative estimate of drug-likeness (QED) is 0.561. The molecular formula is C18H28O2. The maximum atomic E-state index is 12.6. The molecular weight excluding hydrogens is 248 g/mol. The first-order valence-corrected chi connectivity index (χ1v) is 8.32. The standard InChI is InChI=1S/C18H28O2/c1-17(2,18(3)9-5-4-6-10-18)20-16(19)15-12-13-7-8-14(15)11-13/h7-8,13-15H,4-6,9-12H2,1-3H3. The van der Waals surface area contributed by atoms with E-state index in [1.54, 1.807) is 0 Å². The van der Waals surface area contributed by atoms with E-state index in [2.05, 4.69) is 32.9 Å². The average molecular weight is 276 g/mol. The van der Waals surface area contributed by atoms with Crippen LogP contribution in [0.5, 0.6) is 0 Å². The van der Waals surface area contributed by atoms with Gasteiger partial charge >= 0.3 is 5.97 Å². The molecule has 3 aliphatic rings. The van der Waals surface area contributed by atoms with Crippen LogP contribution < -0.4 is 0 Å². The van der Waals surface area contributed by atoms with Crippen LogP contribution in [-0.2, 0) is 9.53 Å². The second-order valence-corrected chi connectivity index (χ2v) is 7.94. The van der Waals surface area contributed by atoms with Gasteiger partial charge in [-0.2, -0.15) is 0 Å². The van der Waals surface area contributed by atoms with Crippen molar-refractivity contribution in [3.8, 4) is 0 Å². The van der Waals surface area contributed by atoms with Crippen molar-refractivity contribution in [2.24, 2.45) is 23.2 Å². The fourth-order valence-corrected chi connectivity index (χ4v) is 4.44. The molecule has 3 aliphatic carbocycles. The Bertz CT molecular complexity index is 415. The van der Waals surface area contributed by atoms with Crippen LogP contribution in [0.2, 0.25) is 0 Å². The van der Waals surface area contributed by atoms with Crippen LogP contribution >= 0.6 is 0 Å². The molecule has 112 valence electrons. The molecule has 0 aromatic rings. The van der Waals surface area contributed by atoms with Gasteiger partial charge in [0.05, 0.1) is 5.92 Å². The molecule has 0 amide bonds. The predicted molar refractivity (Wildman–Crippen MR) is 80.2 cm³/mol. The first-order chi connectivity index (χ1) is 9.41. The van der Waals surface area contributed by atoms with Gasteiger partial charge in [0.2, 0.25) is 0 Å². The second kappa shape index (κ2) is 4.89. The van der Waals surface area contributed by atoms with E-state index in [1.807, 2.05) is 0 Å². The molecule has 3 atom stereocenters. The van der Waals surface area contributed by atoms with Crippen molar-refractivity contribution in [3.05, 3.63) is 12.2 Å². The molecule has 0 radical (unpaired) electrons. The maximum absolute atomic E-state index is 12.6. The summed E-state index contributed by atoms with van der Waals surface area (Å²) in [5.74, 6) is 1.25. The van der Waals surface area contributed by atoms with Gasteiger partial charge in [-0.3, -0.25) is 4.79 Å². The lowest BCUT2D eigenvalue weighted by atomic mass is 9.66. The first kappa shape index (κ1) is 14.2. The van der Waals surface area contributed by atoms with Crippen LogP contribution in [0.3, 0.4) is 0 Å². The Balaban J connectivity index is 1.66. The van der Waals surface area contributed by atoms with Crippen molar-refractivity contribution >= 4 is 5.97 Å². The van der Waals surface area contributed by atoms with Gasteiger partial charge < -0.3 is 4.74 Å². The van der Waals surface area contributed by atoms with E-state index in [0.29, 0.717) is 11.8 Å². The van der Waals surface area contributed by atoms with Crippen molar-refractivity contribution < 1.29 is 9.53 Å². The maximum Gasteiger partial charge on any atom is 0.310 e. The van der Waals surface area contributed by atoms with E-state index in [0.717, 1.165) is 12.8 Å². The normalized spacial score (nSPS) is 35.2. The third-order valence-corrected chi connectivity index (χ3v) is 6.35. The van der Waals surface area contributed by atoms with Crippen LogP contribution in [0.15, 0.2) is 12.2 Å². The zero-order valence-corrected chi connectivity index (χ0v) is 13.2. The fraction of sp³-hybridized carbons (Fsp3) is 0.833. The summed E-state index contributed by atoms with van der Waals surface area (Å²) in [6, 6.07) is 0. The number of hydrogen-bond donors (Lipinski definition) is 0. The first-order valence-electron chi connectivity index (χ1n) is 8.32. The highest BCUT2D eigenvalue weighted by Gasteiger charge is 2.47. The van der Waals surface area contributed by atoms with Gasteiger partial charge in [0.15, 0.2) is 0 Å². The van der Waals surface area contributed by atoms with Gasteiger partial charge in [0.1, 0.15) is 5.60 Å². The van der Waals surface area contributed by atoms with E-state index >= 15 is 0 Å². The van der Waals surface area contributed by atoms with E-state index in [4.69, 9.17) is 4.74 Å². The molecule has 0 aromatic carbocycles. The van der Waals surface area contributed by atoms with Crippen molar-refractivity contribution in [1.82, 2.24) is 0 Å². The van der Waals surface area contributed by atoms with E-state index in [9.17, 15) is 4.79 Å². The summed E-state index contributed by atoms with van der Waals surface area (Å²) in [5, 5.41) is 0. The summed E-state index contributed by atoms with van der Waals surface area (Å²) < 4.78 is 6.04. The molecule has 20 heavy (non-hydrogen) atoms. The minimum Gasteiger partial charge on any atom is -0.459 e. The lowest BCUT2D eigenvalue weighted by Crippen LogP contribution is -2.47. The molecule has 0 aromatic heterocycles. The van der Waals surface area contributed by atoms with E-state index in [-0.39, 0.29) is 22.9 Å². The smallest absolute Gasteiger partial charge is 0.310 e. The number of fused-ring (bicyclic) bond motifs is 2. The summed E-state index contributed by atoms with van der Waals surface area (Å²) in [6.45, 7) is 6.55. The minimum atomic E-state index is -0.337. The van der Waals surface area contributed by atoms with Gasteiger partial charge in [0, 0.05) is 5.41 Å². The number of carbonyl (C=O) groups excluding carboxylic acids is 1. The summed E-state index contributed by atoms with van der Waals surface area (Å²) in [6.07, 6.45) is 12.9. The number of allylic oxidation sites excluding steroid dienone is 2. The van der Waals surface area contributed by atoms with Crippen molar-refractivity contribution in [2.45, 2.75) is 71.3 Å². The molecule has 2 bridgehead atoms. The highest BCUT2D eigenvalue weighted by molar-refractivity contribution is 5.74. The molecule has 2 fully saturated rings. The topological polar surface area (TPSA) is 26.3 Å². The largest absolute Gasteiger partial charge is 0.459 e. The summed E-state index contributed by atoms with van der Waals surface area (Å²) in [4.78, 5) is 12.6. The number of hydrogen-bond acceptors (Lipinski definition) is 2. The van der Waals surface area contributed by atoms with Crippen LogP contribution in [-0.4, -0.2) is 11.6 Å². The van der Waals surface area contributed by atoms with Crippen LogP contribution in [0, 0.1) is 23.2 Å². The Morgan fingerprint density at radius 1 is 1.15 bits per heavy atom. The number of esters is 1. The summed E-state index contributed by atoms with van der Waals surface area (Å²) in [5.41, 5.74) is -0.190. The zero-order valence-electron chi connectivity index (χ0n) is 13.2. The Labute approximate surface area is 123 Å². The Morgan fingerprint density at radius 3 is 2.40 bits per heavy atom.